The van der Waals surface area contributed by atoms with Crippen LogP contribution in [0.15, 0.2) is 48.8 Å². The molecule has 6 rings (SSSR count). The zero-order valence-electron chi connectivity index (χ0n) is 19.6. The first kappa shape index (κ1) is 22.9. The van der Waals surface area contributed by atoms with Gasteiger partial charge in [-0.1, -0.05) is 35.1 Å². The number of pyridine rings is 2. The van der Waals surface area contributed by atoms with Crippen LogP contribution in [-0.2, 0) is 4.79 Å². The fraction of sp³-hybridized carbons (Fsp3) is 0.269. The number of hydrogen-bond acceptors (Lipinski definition) is 7. The van der Waals surface area contributed by atoms with Crippen LogP contribution in [0.25, 0.3) is 21.5 Å². The molecular formula is C26H23ClN6O2S. The number of amides is 2. The van der Waals surface area contributed by atoms with Crippen molar-refractivity contribution in [3.63, 3.8) is 0 Å². The molecule has 0 bridgehead atoms. The molecule has 0 spiro atoms. The highest BCUT2D eigenvalue weighted by Gasteiger charge is 2.36. The number of hydrogen-bond donors (Lipinski definition) is 1. The Bertz CT molecular complexity index is 1490. The molecule has 1 atom stereocenters. The van der Waals surface area contributed by atoms with Crippen molar-refractivity contribution in [1.29, 1.82) is 0 Å². The number of rotatable bonds is 4. The SMILES string of the molecule is Cc1cc(N2CCN3C(=O)CC[C@@H]3C2)c(C(=O)Nc2nc3ncc(-c4ccc(Cl)cc4)cc3s2)cn1. The maximum absolute atomic E-state index is 13.4. The van der Waals surface area contributed by atoms with Gasteiger partial charge in [-0.2, -0.15) is 4.98 Å². The smallest absolute Gasteiger partial charge is 0.261 e. The number of nitrogens with one attached hydrogen (secondary N) is 1. The van der Waals surface area contributed by atoms with Crippen LogP contribution < -0.4 is 10.2 Å². The van der Waals surface area contributed by atoms with Crippen LogP contribution in [0.2, 0.25) is 5.02 Å². The van der Waals surface area contributed by atoms with Crippen molar-refractivity contribution >= 4 is 55.9 Å². The molecule has 1 N–H and O–H groups in total. The van der Waals surface area contributed by atoms with E-state index in [2.05, 4.69) is 25.2 Å². The van der Waals surface area contributed by atoms with Gasteiger partial charge < -0.3 is 9.80 Å². The van der Waals surface area contributed by atoms with Gasteiger partial charge in [-0.15, -0.1) is 0 Å². The molecule has 0 saturated carbocycles. The Balaban J connectivity index is 1.24. The molecule has 0 unspecified atom stereocenters. The molecule has 3 aromatic heterocycles. The molecule has 2 aliphatic heterocycles. The second-order valence-electron chi connectivity index (χ2n) is 9.09. The van der Waals surface area contributed by atoms with Gasteiger partial charge >= 0.3 is 0 Å². The van der Waals surface area contributed by atoms with Crippen molar-refractivity contribution in [2.45, 2.75) is 25.8 Å². The van der Waals surface area contributed by atoms with E-state index in [9.17, 15) is 9.59 Å². The van der Waals surface area contributed by atoms with Crippen molar-refractivity contribution < 1.29 is 9.59 Å². The third-order valence-corrected chi connectivity index (χ3v) is 7.90. The van der Waals surface area contributed by atoms with Gasteiger partial charge in [0.15, 0.2) is 10.8 Å². The van der Waals surface area contributed by atoms with Crippen molar-refractivity contribution in [2.75, 3.05) is 29.9 Å². The molecule has 10 heteroatoms. The summed E-state index contributed by atoms with van der Waals surface area (Å²) in [6, 6.07) is 11.7. The van der Waals surface area contributed by atoms with Crippen LogP contribution in [0.5, 0.6) is 0 Å². The second-order valence-corrected chi connectivity index (χ2v) is 10.6. The number of carbonyl (C=O) groups is 2. The third kappa shape index (κ3) is 4.29. The second kappa shape index (κ2) is 9.15. The van der Waals surface area contributed by atoms with Crippen molar-refractivity contribution in [3.05, 3.63) is 65.1 Å². The predicted molar refractivity (Wildman–Crippen MR) is 142 cm³/mol. The van der Waals surface area contributed by atoms with Crippen LogP contribution in [0, 0.1) is 6.92 Å². The molecule has 2 amide bonds. The quantitative estimate of drug-likeness (QED) is 0.418. The molecule has 8 nitrogen and oxygen atoms in total. The topological polar surface area (TPSA) is 91.3 Å². The number of fused-ring (bicyclic) bond motifs is 2. The van der Waals surface area contributed by atoms with E-state index in [1.807, 2.05) is 48.2 Å². The summed E-state index contributed by atoms with van der Waals surface area (Å²) in [5.41, 5.74) is 4.71. The maximum atomic E-state index is 13.4. The van der Waals surface area contributed by atoms with E-state index in [-0.39, 0.29) is 17.9 Å². The molecule has 4 aromatic rings. The first-order valence-electron chi connectivity index (χ1n) is 11.8. The zero-order chi connectivity index (χ0) is 24.8. The van der Waals surface area contributed by atoms with E-state index in [0.29, 0.717) is 47.4 Å². The van der Waals surface area contributed by atoms with Crippen LogP contribution in [0.3, 0.4) is 0 Å². The maximum Gasteiger partial charge on any atom is 0.261 e. The Hall–Kier alpha value is -3.56. The van der Waals surface area contributed by atoms with Crippen molar-refractivity contribution in [1.82, 2.24) is 19.9 Å². The minimum atomic E-state index is -0.264. The van der Waals surface area contributed by atoms with Gasteiger partial charge in [-0.05, 0) is 43.2 Å². The predicted octanol–water partition coefficient (Wildman–Crippen LogP) is 4.78. The number of halogens is 1. The number of anilines is 2. The lowest BCUT2D eigenvalue weighted by Gasteiger charge is -2.39. The summed E-state index contributed by atoms with van der Waals surface area (Å²) in [6.45, 7) is 3.99. The van der Waals surface area contributed by atoms with Crippen molar-refractivity contribution in [3.8, 4) is 11.1 Å². The Labute approximate surface area is 216 Å². The monoisotopic (exact) mass is 518 g/mol. The van der Waals surface area contributed by atoms with Gasteiger partial charge in [0.2, 0.25) is 5.91 Å². The number of aromatic nitrogens is 3. The summed E-state index contributed by atoms with van der Waals surface area (Å²) < 4.78 is 0.877. The Morgan fingerprint density at radius 3 is 2.78 bits per heavy atom. The van der Waals surface area contributed by atoms with E-state index in [0.717, 1.165) is 33.6 Å². The van der Waals surface area contributed by atoms with Gasteiger partial charge in [0.05, 0.1) is 16.0 Å². The molecule has 1 aromatic carbocycles. The molecule has 2 fully saturated rings. The fourth-order valence-corrected chi connectivity index (χ4v) is 5.89. The number of nitrogens with zero attached hydrogens (tertiary/aromatic N) is 5. The summed E-state index contributed by atoms with van der Waals surface area (Å²) in [5.74, 6) is -0.0356. The molecular weight excluding hydrogens is 496 g/mol. The first-order valence-corrected chi connectivity index (χ1v) is 13.0. The largest absolute Gasteiger partial charge is 0.367 e. The van der Waals surface area contributed by atoms with Gasteiger partial charge in [0, 0.05) is 60.8 Å². The average Bonchev–Trinajstić information content (AvgIpc) is 3.46. The normalized spacial score (nSPS) is 17.5. The minimum absolute atomic E-state index is 0.195. The highest BCUT2D eigenvalue weighted by molar-refractivity contribution is 7.22. The van der Waals surface area contributed by atoms with E-state index in [1.165, 1.54) is 11.3 Å². The molecule has 5 heterocycles. The van der Waals surface area contributed by atoms with Gasteiger partial charge in [-0.3, -0.25) is 19.9 Å². The highest BCUT2D eigenvalue weighted by Crippen LogP contribution is 2.32. The van der Waals surface area contributed by atoms with E-state index < -0.39 is 0 Å². The lowest BCUT2D eigenvalue weighted by atomic mass is 10.1. The zero-order valence-corrected chi connectivity index (χ0v) is 21.1. The standard InChI is InChI=1S/C26H23ClN6O2S/c1-15-10-21(32-8-9-33-19(14-32)6-7-23(33)34)20(13-28-15)25(35)31-26-30-24-22(36-26)11-17(12-29-24)16-2-4-18(27)5-3-16/h2-5,10-13,19H,6-9,14H2,1H3,(H,29,30,31,35)/t19-/m1/s1. The van der Waals surface area contributed by atoms with Crippen LogP contribution in [0.1, 0.15) is 28.9 Å². The minimum Gasteiger partial charge on any atom is -0.367 e. The molecule has 0 aliphatic carbocycles. The summed E-state index contributed by atoms with van der Waals surface area (Å²) in [4.78, 5) is 43.0. The lowest BCUT2D eigenvalue weighted by Crippen LogP contribution is -2.51. The summed E-state index contributed by atoms with van der Waals surface area (Å²) >= 11 is 7.39. The molecule has 0 radical (unpaired) electrons. The lowest BCUT2D eigenvalue weighted by molar-refractivity contribution is -0.129. The fourth-order valence-electron chi connectivity index (χ4n) is 4.90. The number of aryl methyl sites for hydroxylation is 1. The van der Waals surface area contributed by atoms with Crippen molar-refractivity contribution in [2.24, 2.45) is 0 Å². The van der Waals surface area contributed by atoms with Gasteiger partial charge in [0.1, 0.15) is 0 Å². The van der Waals surface area contributed by atoms with Crippen LogP contribution >= 0.6 is 22.9 Å². The first-order chi connectivity index (χ1) is 17.4. The molecule has 2 aliphatic rings. The van der Waals surface area contributed by atoms with Gasteiger partial charge in [0.25, 0.3) is 5.91 Å². The summed E-state index contributed by atoms with van der Waals surface area (Å²) in [6.07, 6.45) is 4.85. The molecule has 36 heavy (non-hydrogen) atoms. The van der Waals surface area contributed by atoms with E-state index in [1.54, 1.807) is 12.4 Å². The Morgan fingerprint density at radius 1 is 1.11 bits per heavy atom. The van der Waals surface area contributed by atoms with Gasteiger partial charge in [-0.25, -0.2) is 4.98 Å². The Kier molecular flexibility index (Phi) is 5.81. The third-order valence-electron chi connectivity index (χ3n) is 6.74. The highest BCUT2D eigenvalue weighted by atomic mass is 35.5. The average molecular weight is 519 g/mol. The van der Waals surface area contributed by atoms with E-state index in [4.69, 9.17) is 11.6 Å². The van der Waals surface area contributed by atoms with E-state index >= 15 is 0 Å². The Morgan fingerprint density at radius 2 is 1.94 bits per heavy atom. The molecule has 2 saturated heterocycles. The number of benzene rings is 1. The number of carbonyl (C=O) groups excluding carboxylic acids is 2. The van der Waals surface area contributed by atoms with Crippen LogP contribution in [-0.4, -0.2) is 57.3 Å². The summed E-state index contributed by atoms with van der Waals surface area (Å²) in [5, 5.41) is 4.11. The molecule has 182 valence electrons. The number of thiazole rings is 1. The number of piperazine rings is 1. The van der Waals surface area contributed by atoms with Crippen LogP contribution in [0.4, 0.5) is 10.8 Å². The summed E-state index contributed by atoms with van der Waals surface area (Å²) in [7, 11) is 0.